The SMILES string of the molecule is C=C(C)C(=O)OCCOP(=O)(OCCl)OCCl. The fraction of sp³-hybridized carbons (Fsp3) is 0.625. The Kier molecular flexibility index (Phi) is 8.86. The molecule has 0 atom stereocenters. The number of alkyl halides is 2. The molecule has 6 nitrogen and oxygen atoms in total. The van der Waals surface area contributed by atoms with Gasteiger partial charge >= 0.3 is 13.8 Å². The van der Waals surface area contributed by atoms with Crippen LogP contribution in [0.2, 0.25) is 0 Å². The summed E-state index contributed by atoms with van der Waals surface area (Å²) in [4.78, 5) is 11.0. The van der Waals surface area contributed by atoms with E-state index in [1.807, 2.05) is 0 Å². The second kappa shape index (κ2) is 8.91. The highest BCUT2D eigenvalue weighted by atomic mass is 35.5. The predicted molar refractivity (Wildman–Crippen MR) is 62.9 cm³/mol. The van der Waals surface area contributed by atoms with E-state index in [4.69, 9.17) is 32.5 Å². The molecule has 0 heterocycles. The molecular formula is C8H13Cl2O6P. The first-order valence-corrected chi connectivity index (χ1v) is 6.96. The van der Waals surface area contributed by atoms with E-state index < -0.39 is 13.8 Å². The molecule has 0 rings (SSSR count). The van der Waals surface area contributed by atoms with Crippen molar-refractivity contribution < 1.29 is 27.7 Å². The molecule has 0 amide bonds. The number of hydrogen-bond acceptors (Lipinski definition) is 6. The van der Waals surface area contributed by atoms with Crippen LogP contribution < -0.4 is 0 Å². The third-order valence-electron chi connectivity index (χ3n) is 1.33. The lowest BCUT2D eigenvalue weighted by molar-refractivity contribution is -0.139. The molecule has 0 saturated carbocycles. The Bertz CT molecular complexity index is 298. The Hall–Kier alpha value is -0.100. The summed E-state index contributed by atoms with van der Waals surface area (Å²) in [6.07, 6.45) is 0. The molecule has 0 saturated heterocycles. The van der Waals surface area contributed by atoms with E-state index in [9.17, 15) is 9.36 Å². The van der Waals surface area contributed by atoms with Crippen molar-refractivity contribution in [2.75, 3.05) is 25.3 Å². The monoisotopic (exact) mass is 306 g/mol. The molecule has 0 aromatic rings. The Morgan fingerprint density at radius 1 is 1.18 bits per heavy atom. The van der Waals surface area contributed by atoms with E-state index in [0.717, 1.165) is 0 Å². The maximum Gasteiger partial charge on any atom is 0.477 e. The topological polar surface area (TPSA) is 71.1 Å². The van der Waals surface area contributed by atoms with Crippen molar-refractivity contribution in [3.8, 4) is 0 Å². The second-order valence-electron chi connectivity index (χ2n) is 2.67. The molecule has 0 aliphatic heterocycles. The van der Waals surface area contributed by atoms with E-state index in [-0.39, 0.29) is 30.9 Å². The van der Waals surface area contributed by atoms with Crippen LogP contribution in [0.25, 0.3) is 0 Å². The number of carbonyl (C=O) groups is 1. The van der Waals surface area contributed by atoms with E-state index in [1.54, 1.807) is 0 Å². The Morgan fingerprint density at radius 2 is 1.71 bits per heavy atom. The molecule has 100 valence electrons. The molecular weight excluding hydrogens is 294 g/mol. The Balaban J connectivity index is 3.95. The van der Waals surface area contributed by atoms with Crippen molar-refractivity contribution in [1.29, 1.82) is 0 Å². The summed E-state index contributed by atoms with van der Waals surface area (Å²) in [5, 5.41) is 0. The summed E-state index contributed by atoms with van der Waals surface area (Å²) in [5.41, 5.74) is 0.252. The number of esters is 1. The van der Waals surface area contributed by atoms with Crippen LogP contribution in [0.5, 0.6) is 0 Å². The van der Waals surface area contributed by atoms with Crippen molar-refractivity contribution in [2.24, 2.45) is 0 Å². The standard InChI is InChI=1S/C8H13Cl2O6P/c1-7(2)8(11)13-3-4-14-17(12,15-5-9)16-6-10/h1,3-6H2,2H3. The van der Waals surface area contributed by atoms with Gasteiger partial charge in [0.05, 0.1) is 6.61 Å². The molecule has 0 aliphatic carbocycles. The molecule has 0 aromatic heterocycles. The lowest BCUT2D eigenvalue weighted by atomic mass is 10.4. The molecule has 17 heavy (non-hydrogen) atoms. The van der Waals surface area contributed by atoms with Gasteiger partial charge in [0.25, 0.3) is 0 Å². The average Bonchev–Trinajstić information content (AvgIpc) is 2.24. The van der Waals surface area contributed by atoms with Crippen LogP contribution in [0.1, 0.15) is 6.92 Å². The maximum absolute atomic E-state index is 11.6. The van der Waals surface area contributed by atoms with Crippen LogP contribution in [-0.2, 0) is 27.7 Å². The summed E-state index contributed by atoms with van der Waals surface area (Å²) in [5.74, 6) is -0.569. The lowest BCUT2D eigenvalue weighted by Gasteiger charge is -2.15. The van der Waals surface area contributed by atoms with Gasteiger partial charge in [-0.05, 0) is 6.92 Å². The molecule has 0 fully saturated rings. The minimum atomic E-state index is -3.78. The first-order chi connectivity index (χ1) is 7.95. The number of phosphoric acid groups is 1. The van der Waals surface area contributed by atoms with E-state index in [0.29, 0.717) is 0 Å². The smallest absolute Gasteiger partial charge is 0.460 e. The molecule has 0 aliphatic rings. The third kappa shape index (κ3) is 7.76. The minimum absolute atomic E-state index is 0.118. The van der Waals surface area contributed by atoms with Gasteiger partial charge in [-0.15, -0.1) is 0 Å². The van der Waals surface area contributed by atoms with E-state index in [2.05, 4.69) is 15.6 Å². The van der Waals surface area contributed by atoms with Gasteiger partial charge in [-0.25, -0.2) is 9.36 Å². The highest BCUT2D eigenvalue weighted by Crippen LogP contribution is 2.49. The zero-order valence-electron chi connectivity index (χ0n) is 9.19. The molecule has 9 heteroatoms. The maximum atomic E-state index is 11.6. The highest BCUT2D eigenvalue weighted by Gasteiger charge is 2.26. The van der Waals surface area contributed by atoms with Gasteiger partial charge in [0, 0.05) is 5.57 Å². The van der Waals surface area contributed by atoms with Crippen LogP contribution in [0, 0.1) is 0 Å². The zero-order chi connectivity index (χ0) is 13.3. The van der Waals surface area contributed by atoms with Gasteiger partial charge in [-0.2, -0.15) is 0 Å². The second-order valence-corrected chi connectivity index (χ2v) is 4.78. The van der Waals surface area contributed by atoms with Crippen LogP contribution in [-0.4, -0.2) is 31.3 Å². The number of ether oxygens (including phenoxy) is 1. The fourth-order valence-electron chi connectivity index (χ4n) is 0.638. The van der Waals surface area contributed by atoms with Gasteiger partial charge in [0.1, 0.15) is 18.7 Å². The first kappa shape index (κ1) is 16.9. The number of halogens is 2. The number of hydrogen-bond donors (Lipinski definition) is 0. The van der Waals surface area contributed by atoms with Gasteiger partial charge in [-0.3, -0.25) is 13.6 Å². The van der Waals surface area contributed by atoms with E-state index >= 15 is 0 Å². The summed E-state index contributed by atoms with van der Waals surface area (Å²) in [7, 11) is -3.78. The van der Waals surface area contributed by atoms with Gasteiger partial charge in [0.2, 0.25) is 0 Å². The van der Waals surface area contributed by atoms with Gasteiger partial charge < -0.3 is 4.74 Å². The largest absolute Gasteiger partial charge is 0.477 e. The van der Waals surface area contributed by atoms with Gasteiger partial charge in [0.15, 0.2) is 0 Å². The molecule has 0 radical (unpaired) electrons. The zero-order valence-corrected chi connectivity index (χ0v) is 11.6. The van der Waals surface area contributed by atoms with Crippen molar-refractivity contribution in [3.63, 3.8) is 0 Å². The van der Waals surface area contributed by atoms with E-state index in [1.165, 1.54) is 6.92 Å². The number of rotatable bonds is 9. The minimum Gasteiger partial charge on any atom is -0.460 e. The molecule has 0 unspecified atom stereocenters. The number of phosphoric ester groups is 1. The fourth-order valence-corrected chi connectivity index (χ4v) is 2.12. The first-order valence-electron chi connectivity index (χ1n) is 4.43. The Labute approximate surface area is 109 Å². The highest BCUT2D eigenvalue weighted by molar-refractivity contribution is 7.48. The molecule has 0 aromatic carbocycles. The van der Waals surface area contributed by atoms with Crippen molar-refractivity contribution in [1.82, 2.24) is 0 Å². The predicted octanol–water partition coefficient (Wildman–Crippen LogP) is 2.66. The number of carbonyl (C=O) groups excluding carboxylic acids is 1. The van der Waals surface area contributed by atoms with Crippen molar-refractivity contribution >= 4 is 37.0 Å². The summed E-state index contributed by atoms with van der Waals surface area (Å²) >= 11 is 10.5. The normalized spacial score (nSPS) is 11.2. The van der Waals surface area contributed by atoms with Crippen LogP contribution in [0.15, 0.2) is 12.2 Å². The molecule has 0 bridgehead atoms. The van der Waals surface area contributed by atoms with Crippen molar-refractivity contribution in [2.45, 2.75) is 6.92 Å². The quantitative estimate of drug-likeness (QED) is 0.214. The summed E-state index contributed by atoms with van der Waals surface area (Å²) in [6.45, 7) is 4.59. The van der Waals surface area contributed by atoms with Crippen LogP contribution in [0.4, 0.5) is 0 Å². The lowest BCUT2D eigenvalue weighted by Crippen LogP contribution is -2.11. The average molecular weight is 307 g/mol. The Morgan fingerprint density at radius 3 is 2.12 bits per heavy atom. The van der Waals surface area contributed by atoms with Gasteiger partial charge in [-0.1, -0.05) is 29.8 Å². The summed E-state index contributed by atoms with van der Waals surface area (Å²) < 4.78 is 30.2. The summed E-state index contributed by atoms with van der Waals surface area (Å²) in [6, 6.07) is -0.751. The van der Waals surface area contributed by atoms with Crippen LogP contribution >= 0.6 is 31.0 Å². The molecule has 0 spiro atoms. The van der Waals surface area contributed by atoms with Crippen LogP contribution in [0.3, 0.4) is 0 Å². The third-order valence-corrected chi connectivity index (χ3v) is 3.24. The van der Waals surface area contributed by atoms with Crippen molar-refractivity contribution in [3.05, 3.63) is 12.2 Å². The molecule has 0 N–H and O–H groups in total.